The molecule has 2 rings (SSSR count). The molecule has 0 aliphatic carbocycles. The number of rotatable bonds is 3. The Balaban J connectivity index is 0.00000115. The SMILES string of the molecule is CC.NC(=O)c1ccc(N2CCC(C=O)CC2)cc1.[HH]. The summed E-state index contributed by atoms with van der Waals surface area (Å²) in [5.74, 6) is -0.202. The Morgan fingerprint density at radius 1 is 1.26 bits per heavy atom. The van der Waals surface area contributed by atoms with Crippen LogP contribution in [0.1, 0.15) is 38.5 Å². The van der Waals surface area contributed by atoms with Gasteiger partial charge in [0.05, 0.1) is 0 Å². The summed E-state index contributed by atoms with van der Waals surface area (Å²) in [6.45, 7) is 5.78. The van der Waals surface area contributed by atoms with Crippen molar-refractivity contribution in [1.82, 2.24) is 0 Å². The average molecular weight is 264 g/mol. The van der Waals surface area contributed by atoms with E-state index in [0.717, 1.165) is 37.9 Å². The largest absolute Gasteiger partial charge is 0.371 e. The first-order valence-electron chi connectivity index (χ1n) is 6.81. The fourth-order valence-electron chi connectivity index (χ4n) is 2.13. The molecule has 1 aliphatic heterocycles. The van der Waals surface area contributed by atoms with Gasteiger partial charge in [-0.3, -0.25) is 4.79 Å². The molecule has 1 heterocycles. The predicted octanol–water partition coefficient (Wildman–Crippen LogP) is 2.47. The van der Waals surface area contributed by atoms with Gasteiger partial charge in [0, 0.05) is 31.7 Å². The number of carbonyl (C=O) groups excluding carboxylic acids is 2. The normalized spacial score (nSPS) is 15.4. The number of amides is 1. The summed E-state index contributed by atoms with van der Waals surface area (Å²) in [6.07, 6.45) is 2.86. The number of hydrogen-bond donors (Lipinski definition) is 1. The van der Waals surface area contributed by atoms with Crippen LogP contribution >= 0.6 is 0 Å². The number of piperidine rings is 1. The summed E-state index contributed by atoms with van der Waals surface area (Å²) in [4.78, 5) is 23.8. The summed E-state index contributed by atoms with van der Waals surface area (Å²) in [7, 11) is 0. The highest BCUT2D eigenvalue weighted by Gasteiger charge is 2.18. The van der Waals surface area contributed by atoms with Gasteiger partial charge in [-0.05, 0) is 37.1 Å². The van der Waals surface area contributed by atoms with E-state index in [4.69, 9.17) is 5.73 Å². The van der Waals surface area contributed by atoms with Crippen LogP contribution in [0, 0.1) is 5.92 Å². The van der Waals surface area contributed by atoms with Gasteiger partial charge in [-0.2, -0.15) is 0 Å². The number of hydrogen-bond acceptors (Lipinski definition) is 3. The van der Waals surface area contributed by atoms with Crippen molar-refractivity contribution >= 4 is 17.9 Å². The lowest BCUT2D eigenvalue weighted by Gasteiger charge is -2.31. The van der Waals surface area contributed by atoms with E-state index in [1.54, 1.807) is 12.1 Å². The molecule has 1 aromatic carbocycles. The molecular formula is C15H24N2O2. The summed E-state index contributed by atoms with van der Waals surface area (Å²) in [5.41, 5.74) is 6.79. The van der Waals surface area contributed by atoms with Gasteiger partial charge in [0.2, 0.25) is 5.91 Å². The molecule has 0 aromatic heterocycles. The van der Waals surface area contributed by atoms with Crippen molar-refractivity contribution in [2.45, 2.75) is 26.7 Å². The van der Waals surface area contributed by atoms with E-state index in [2.05, 4.69) is 4.90 Å². The maximum atomic E-state index is 10.9. The highest BCUT2D eigenvalue weighted by atomic mass is 16.1. The number of nitrogens with two attached hydrogens (primary N) is 1. The van der Waals surface area contributed by atoms with Gasteiger partial charge in [0.1, 0.15) is 6.29 Å². The third-order valence-corrected chi connectivity index (χ3v) is 3.25. The number of anilines is 1. The zero-order chi connectivity index (χ0) is 14.3. The minimum absolute atomic E-state index is 0. The van der Waals surface area contributed by atoms with Crippen LogP contribution in [0.3, 0.4) is 0 Å². The zero-order valence-electron chi connectivity index (χ0n) is 11.6. The first-order chi connectivity index (χ1) is 9.20. The van der Waals surface area contributed by atoms with Gasteiger partial charge in [-0.15, -0.1) is 0 Å². The first-order valence-corrected chi connectivity index (χ1v) is 6.81. The Labute approximate surface area is 116 Å². The summed E-state index contributed by atoms with van der Waals surface area (Å²) < 4.78 is 0. The molecule has 2 N–H and O–H groups in total. The van der Waals surface area contributed by atoms with Gasteiger partial charge in [-0.1, -0.05) is 13.8 Å². The van der Waals surface area contributed by atoms with E-state index in [1.165, 1.54) is 0 Å². The lowest BCUT2D eigenvalue weighted by atomic mass is 9.98. The Kier molecular flexibility index (Phi) is 6.06. The first kappa shape index (κ1) is 15.2. The Morgan fingerprint density at radius 3 is 2.21 bits per heavy atom. The van der Waals surface area contributed by atoms with Crippen LogP contribution in [0.4, 0.5) is 5.69 Å². The van der Waals surface area contributed by atoms with Crippen molar-refractivity contribution in [3.05, 3.63) is 29.8 Å². The summed E-state index contributed by atoms with van der Waals surface area (Å²) in [6, 6.07) is 7.29. The van der Waals surface area contributed by atoms with E-state index in [-0.39, 0.29) is 7.34 Å². The third kappa shape index (κ3) is 4.09. The van der Waals surface area contributed by atoms with Crippen LogP contribution in [0.2, 0.25) is 0 Å². The molecular weight excluding hydrogens is 240 g/mol. The molecule has 4 heteroatoms. The number of benzene rings is 1. The van der Waals surface area contributed by atoms with E-state index in [1.807, 2.05) is 26.0 Å². The predicted molar refractivity (Wildman–Crippen MR) is 79.4 cm³/mol. The third-order valence-electron chi connectivity index (χ3n) is 3.25. The monoisotopic (exact) mass is 264 g/mol. The standard InChI is InChI=1S/C13H16N2O2.C2H6.H2/c14-13(17)11-1-3-12(4-2-11)15-7-5-10(9-16)6-8-15;1-2;/h1-4,9-10H,5-8H2,(H2,14,17);1-2H3;1H. The smallest absolute Gasteiger partial charge is 0.248 e. The topological polar surface area (TPSA) is 63.4 Å². The lowest BCUT2D eigenvalue weighted by molar-refractivity contribution is -0.111. The van der Waals surface area contributed by atoms with E-state index in [0.29, 0.717) is 5.56 Å². The van der Waals surface area contributed by atoms with Crippen LogP contribution in [0.5, 0.6) is 0 Å². The summed E-state index contributed by atoms with van der Waals surface area (Å²) >= 11 is 0. The molecule has 0 unspecified atom stereocenters. The van der Waals surface area contributed by atoms with Crippen LogP contribution in [0.15, 0.2) is 24.3 Å². The van der Waals surface area contributed by atoms with Crippen molar-refractivity contribution in [2.75, 3.05) is 18.0 Å². The molecule has 0 atom stereocenters. The van der Waals surface area contributed by atoms with Gasteiger partial charge >= 0.3 is 0 Å². The second-order valence-corrected chi connectivity index (χ2v) is 4.37. The van der Waals surface area contributed by atoms with Crippen LogP contribution in [0.25, 0.3) is 0 Å². The number of carbonyl (C=O) groups is 2. The molecule has 1 amide bonds. The molecule has 1 aromatic rings. The second-order valence-electron chi connectivity index (χ2n) is 4.37. The molecule has 0 bridgehead atoms. The highest BCUT2D eigenvalue weighted by molar-refractivity contribution is 5.93. The van der Waals surface area contributed by atoms with Gasteiger partial charge in [0.25, 0.3) is 0 Å². The van der Waals surface area contributed by atoms with E-state index in [9.17, 15) is 9.59 Å². The van der Waals surface area contributed by atoms with E-state index >= 15 is 0 Å². The van der Waals surface area contributed by atoms with Crippen LogP contribution < -0.4 is 10.6 Å². The van der Waals surface area contributed by atoms with Crippen molar-refractivity contribution in [3.8, 4) is 0 Å². The quantitative estimate of drug-likeness (QED) is 0.853. The molecule has 1 fully saturated rings. The lowest BCUT2D eigenvalue weighted by Crippen LogP contribution is -2.34. The van der Waals surface area contributed by atoms with Crippen LogP contribution in [-0.4, -0.2) is 25.3 Å². The average Bonchev–Trinajstić information content (AvgIpc) is 2.49. The highest BCUT2D eigenvalue weighted by Crippen LogP contribution is 2.22. The summed E-state index contributed by atoms with van der Waals surface area (Å²) in [5, 5.41) is 0. The minimum atomic E-state index is -0.406. The molecule has 106 valence electrons. The maximum absolute atomic E-state index is 10.9. The maximum Gasteiger partial charge on any atom is 0.248 e. The van der Waals surface area contributed by atoms with Crippen molar-refractivity contribution in [3.63, 3.8) is 0 Å². The fourth-order valence-corrected chi connectivity index (χ4v) is 2.13. The van der Waals surface area contributed by atoms with E-state index < -0.39 is 5.91 Å². The Hall–Kier alpha value is -1.84. The molecule has 0 radical (unpaired) electrons. The minimum Gasteiger partial charge on any atom is -0.371 e. The molecule has 0 spiro atoms. The number of aldehydes is 1. The van der Waals surface area contributed by atoms with Gasteiger partial charge < -0.3 is 15.4 Å². The van der Waals surface area contributed by atoms with Crippen molar-refractivity contribution < 1.29 is 11.0 Å². The second kappa shape index (κ2) is 7.56. The van der Waals surface area contributed by atoms with Crippen molar-refractivity contribution in [2.24, 2.45) is 11.7 Å². The molecule has 1 aliphatic rings. The van der Waals surface area contributed by atoms with Crippen molar-refractivity contribution in [1.29, 1.82) is 0 Å². The van der Waals surface area contributed by atoms with Gasteiger partial charge in [0.15, 0.2) is 0 Å². The van der Waals surface area contributed by atoms with Gasteiger partial charge in [-0.25, -0.2) is 0 Å². The zero-order valence-corrected chi connectivity index (χ0v) is 11.6. The number of nitrogens with zero attached hydrogens (tertiary/aromatic N) is 1. The molecule has 4 nitrogen and oxygen atoms in total. The Morgan fingerprint density at radius 2 is 1.79 bits per heavy atom. The number of primary amides is 1. The molecule has 19 heavy (non-hydrogen) atoms. The Bertz CT molecular complexity index is 412. The van der Waals surface area contributed by atoms with Crippen LogP contribution in [-0.2, 0) is 4.79 Å². The molecule has 1 saturated heterocycles. The fraction of sp³-hybridized carbons (Fsp3) is 0.467. The molecule has 0 saturated carbocycles.